The Morgan fingerprint density at radius 1 is 1.12 bits per heavy atom. The minimum Gasteiger partial charge on any atom is -0.396 e. The normalized spacial score (nSPS) is 18.0. The molecule has 4 rings (SSSR count). The highest BCUT2D eigenvalue weighted by Gasteiger charge is 2.22. The number of aromatic nitrogens is 3. The van der Waals surface area contributed by atoms with Crippen molar-refractivity contribution in [2.45, 2.75) is 12.8 Å². The van der Waals surface area contributed by atoms with Gasteiger partial charge in [0.15, 0.2) is 5.82 Å². The fraction of sp³-hybridized carbons (Fsp3) is 0.316. The van der Waals surface area contributed by atoms with E-state index in [1.807, 2.05) is 30.3 Å². The van der Waals surface area contributed by atoms with E-state index in [1.165, 1.54) is 0 Å². The molecule has 0 unspecified atom stereocenters. The van der Waals surface area contributed by atoms with E-state index in [4.69, 9.17) is 9.97 Å². The monoisotopic (exact) mass is 320 g/mol. The fourth-order valence-corrected chi connectivity index (χ4v) is 3.33. The van der Waals surface area contributed by atoms with Gasteiger partial charge in [-0.1, -0.05) is 12.1 Å². The molecule has 5 heteroatoms. The molecule has 0 aliphatic carbocycles. The van der Waals surface area contributed by atoms with Crippen LogP contribution in [0.1, 0.15) is 12.8 Å². The first-order chi connectivity index (χ1) is 11.8. The molecular weight excluding hydrogens is 300 g/mol. The predicted octanol–water partition coefficient (Wildman–Crippen LogP) is 2.90. The summed E-state index contributed by atoms with van der Waals surface area (Å²) in [7, 11) is 0. The number of nitrogens with zero attached hydrogens (tertiary/aromatic N) is 4. The Labute approximate surface area is 141 Å². The van der Waals surface area contributed by atoms with Crippen LogP contribution in [-0.4, -0.2) is 39.8 Å². The van der Waals surface area contributed by atoms with E-state index in [0.717, 1.165) is 48.2 Å². The van der Waals surface area contributed by atoms with Gasteiger partial charge in [-0.2, -0.15) is 0 Å². The molecule has 0 radical (unpaired) electrons. The molecule has 0 bridgehead atoms. The van der Waals surface area contributed by atoms with Crippen LogP contribution in [0.15, 0.2) is 48.8 Å². The molecule has 5 nitrogen and oxygen atoms in total. The van der Waals surface area contributed by atoms with E-state index in [1.54, 1.807) is 12.4 Å². The van der Waals surface area contributed by atoms with E-state index >= 15 is 0 Å². The summed E-state index contributed by atoms with van der Waals surface area (Å²) < 4.78 is 0. The standard InChI is InChI=1S/C19H20N4O/c24-13-14-5-4-10-23(12-14)19-16-7-1-2-8-17(16)21-18(22-19)15-6-3-9-20-11-15/h1-3,6-9,11,14,24H,4-5,10,12-13H2/t14-/m1/s1. The number of para-hydroxylation sites is 1. The Balaban J connectivity index is 1.84. The van der Waals surface area contributed by atoms with E-state index in [9.17, 15) is 5.11 Å². The number of pyridine rings is 1. The van der Waals surface area contributed by atoms with E-state index in [-0.39, 0.29) is 6.61 Å². The van der Waals surface area contributed by atoms with Gasteiger partial charge in [0.25, 0.3) is 0 Å². The summed E-state index contributed by atoms with van der Waals surface area (Å²) >= 11 is 0. The van der Waals surface area contributed by atoms with Crippen LogP contribution in [-0.2, 0) is 0 Å². The number of aliphatic hydroxyl groups is 1. The summed E-state index contributed by atoms with van der Waals surface area (Å²) in [5.74, 6) is 1.97. The summed E-state index contributed by atoms with van der Waals surface area (Å²) in [6, 6.07) is 12.0. The van der Waals surface area contributed by atoms with Gasteiger partial charge in [-0.3, -0.25) is 4.98 Å². The maximum absolute atomic E-state index is 9.53. The first kappa shape index (κ1) is 15.0. The molecule has 1 atom stereocenters. The van der Waals surface area contributed by atoms with Crippen molar-refractivity contribution in [2.75, 3.05) is 24.6 Å². The summed E-state index contributed by atoms with van der Waals surface area (Å²) in [6.45, 7) is 2.03. The Bertz CT molecular complexity index is 837. The zero-order valence-electron chi connectivity index (χ0n) is 13.5. The van der Waals surface area contributed by atoms with Crippen LogP contribution in [0, 0.1) is 5.92 Å². The molecule has 1 aliphatic heterocycles. The van der Waals surface area contributed by atoms with Gasteiger partial charge < -0.3 is 10.0 Å². The molecule has 0 amide bonds. The number of benzene rings is 1. The second kappa shape index (κ2) is 6.53. The van der Waals surface area contributed by atoms with Crippen LogP contribution < -0.4 is 4.90 Å². The Kier molecular flexibility index (Phi) is 4.09. The first-order valence-electron chi connectivity index (χ1n) is 8.38. The number of fused-ring (bicyclic) bond motifs is 1. The predicted molar refractivity (Wildman–Crippen MR) is 94.8 cm³/mol. The molecule has 1 N–H and O–H groups in total. The van der Waals surface area contributed by atoms with E-state index in [2.05, 4.69) is 16.0 Å². The van der Waals surface area contributed by atoms with Gasteiger partial charge in [0.2, 0.25) is 0 Å². The third kappa shape index (κ3) is 2.83. The van der Waals surface area contributed by atoms with Crippen LogP contribution >= 0.6 is 0 Å². The maximum atomic E-state index is 9.53. The lowest BCUT2D eigenvalue weighted by Gasteiger charge is -2.33. The number of hydrogen-bond donors (Lipinski definition) is 1. The number of rotatable bonds is 3. The molecule has 1 fully saturated rings. The number of hydrogen-bond acceptors (Lipinski definition) is 5. The highest BCUT2D eigenvalue weighted by Crippen LogP contribution is 2.30. The van der Waals surface area contributed by atoms with Gasteiger partial charge in [0.05, 0.1) is 5.52 Å². The third-order valence-electron chi connectivity index (χ3n) is 4.58. The molecule has 0 saturated carbocycles. The zero-order valence-corrected chi connectivity index (χ0v) is 13.5. The van der Waals surface area contributed by atoms with Gasteiger partial charge in [0.1, 0.15) is 5.82 Å². The van der Waals surface area contributed by atoms with E-state index < -0.39 is 0 Å². The van der Waals surface area contributed by atoms with Crippen molar-refractivity contribution in [3.8, 4) is 11.4 Å². The van der Waals surface area contributed by atoms with Crippen molar-refractivity contribution < 1.29 is 5.11 Å². The quantitative estimate of drug-likeness (QED) is 0.804. The Morgan fingerprint density at radius 3 is 2.88 bits per heavy atom. The lowest BCUT2D eigenvalue weighted by atomic mass is 9.99. The van der Waals surface area contributed by atoms with Crippen molar-refractivity contribution in [3.05, 3.63) is 48.8 Å². The number of aliphatic hydroxyl groups excluding tert-OH is 1. The number of anilines is 1. The maximum Gasteiger partial charge on any atom is 0.163 e. The smallest absolute Gasteiger partial charge is 0.163 e. The van der Waals surface area contributed by atoms with Crippen LogP contribution in [0.5, 0.6) is 0 Å². The SMILES string of the molecule is OC[C@@H]1CCCN(c2nc(-c3cccnc3)nc3ccccc23)C1. The van der Waals surface area contributed by atoms with Crippen LogP contribution in [0.4, 0.5) is 5.82 Å². The first-order valence-corrected chi connectivity index (χ1v) is 8.38. The number of piperidine rings is 1. The summed E-state index contributed by atoms with van der Waals surface area (Å²) in [6.07, 6.45) is 5.69. The molecule has 1 aliphatic rings. The van der Waals surface area contributed by atoms with Crippen molar-refractivity contribution in [3.63, 3.8) is 0 Å². The lowest BCUT2D eigenvalue weighted by Crippen LogP contribution is -2.37. The summed E-state index contributed by atoms with van der Waals surface area (Å²) in [5.41, 5.74) is 1.85. The molecule has 0 spiro atoms. The minimum absolute atomic E-state index is 0.231. The molecule has 1 saturated heterocycles. The molecule has 3 aromatic rings. The van der Waals surface area contributed by atoms with Crippen molar-refractivity contribution in [1.82, 2.24) is 15.0 Å². The van der Waals surface area contributed by atoms with Gasteiger partial charge >= 0.3 is 0 Å². The molecular formula is C19H20N4O. The van der Waals surface area contributed by atoms with Crippen molar-refractivity contribution >= 4 is 16.7 Å². The van der Waals surface area contributed by atoms with Gasteiger partial charge in [-0.05, 0) is 43.0 Å². The van der Waals surface area contributed by atoms with E-state index in [0.29, 0.717) is 11.7 Å². The van der Waals surface area contributed by atoms with Crippen LogP contribution in [0.25, 0.3) is 22.3 Å². The minimum atomic E-state index is 0.231. The van der Waals surface area contributed by atoms with Crippen LogP contribution in [0.2, 0.25) is 0 Å². The van der Waals surface area contributed by atoms with Crippen molar-refractivity contribution in [2.24, 2.45) is 5.92 Å². The Hall–Kier alpha value is -2.53. The van der Waals surface area contributed by atoms with Gasteiger partial charge in [0, 0.05) is 43.0 Å². The third-order valence-corrected chi connectivity index (χ3v) is 4.58. The average Bonchev–Trinajstić information content (AvgIpc) is 2.68. The van der Waals surface area contributed by atoms with Crippen LogP contribution in [0.3, 0.4) is 0 Å². The average molecular weight is 320 g/mol. The highest BCUT2D eigenvalue weighted by molar-refractivity contribution is 5.91. The second-order valence-electron chi connectivity index (χ2n) is 6.27. The second-order valence-corrected chi connectivity index (χ2v) is 6.27. The van der Waals surface area contributed by atoms with Gasteiger partial charge in [-0.25, -0.2) is 9.97 Å². The van der Waals surface area contributed by atoms with Crippen molar-refractivity contribution in [1.29, 1.82) is 0 Å². The molecule has 1 aromatic carbocycles. The molecule has 122 valence electrons. The zero-order chi connectivity index (χ0) is 16.4. The topological polar surface area (TPSA) is 62.1 Å². The molecule has 3 heterocycles. The summed E-state index contributed by atoms with van der Waals surface area (Å²) in [4.78, 5) is 16.0. The largest absolute Gasteiger partial charge is 0.396 e. The van der Waals surface area contributed by atoms with Gasteiger partial charge in [-0.15, -0.1) is 0 Å². The highest BCUT2D eigenvalue weighted by atomic mass is 16.3. The molecule has 24 heavy (non-hydrogen) atoms. The Morgan fingerprint density at radius 2 is 2.04 bits per heavy atom. The molecule has 2 aromatic heterocycles. The fourth-order valence-electron chi connectivity index (χ4n) is 3.33. The summed E-state index contributed by atoms with van der Waals surface area (Å²) in [5, 5.41) is 10.6. The lowest BCUT2D eigenvalue weighted by molar-refractivity contribution is 0.208.